The molecule has 0 aliphatic carbocycles. The van der Waals surface area contributed by atoms with Crippen molar-refractivity contribution >= 4 is 51.5 Å². The number of ether oxygens (including phenoxy) is 1. The van der Waals surface area contributed by atoms with Crippen LogP contribution in [0.4, 0.5) is 47.7 Å². The number of benzene rings is 3. The molecule has 13 heteroatoms. The highest BCUT2D eigenvalue weighted by Crippen LogP contribution is 2.31. The molecular weight excluding hydrogens is 573 g/mol. The van der Waals surface area contributed by atoms with Crippen LogP contribution in [0, 0.1) is 6.92 Å². The van der Waals surface area contributed by atoms with Gasteiger partial charge in [-0.15, -0.1) is 0 Å². The molecule has 1 saturated heterocycles. The SMILES string of the molecule is Cc1ccc(NC(=O)c2cccc(C(F)(F)F)c2)cc1Nc1nn(C)c2nc(Nc3ccc(N4CCOCC4)cc3)ncc12. The number of carbonyl (C=O) groups excluding carboxylic acids is 1. The summed E-state index contributed by atoms with van der Waals surface area (Å²) in [5.41, 5.74) is 3.51. The predicted octanol–water partition coefficient (Wildman–Crippen LogP) is 6.27. The molecule has 1 amide bonds. The lowest BCUT2D eigenvalue weighted by atomic mass is 10.1. The number of morpholine rings is 1. The van der Waals surface area contributed by atoms with Crippen molar-refractivity contribution in [2.75, 3.05) is 47.2 Å². The lowest BCUT2D eigenvalue weighted by Gasteiger charge is -2.28. The van der Waals surface area contributed by atoms with Gasteiger partial charge in [-0.3, -0.25) is 4.79 Å². The predicted molar refractivity (Wildman–Crippen MR) is 163 cm³/mol. The molecule has 0 unspecified atom stereocenters. The molecule has 1 aliphatic heterocycles. The summed E-state index contributed by atoms with van der Waals surface area (Å²) in [6, 6.07) is 17.5. The first-order chi connectivity index (χ1) is 21.1. The molecule has 226 valence electrons. The maximum atomic E-state index is 13.1. The summed E-state index contributed by atoms with van der Waals surface area (Å²) in [4.78, 5) is 24.2. The van der Waals surface area contributed by atoms with Crippen LogP contribution in [-0.4, -0.2) is 52.0 Å². The van der Waals surface area contributed by atoms with Gasteiger partial charge in [-0.05, 0) is 67.1 Å². The van der Waals surface area contributed by atoms with Crippen LogP contribution in [0.2, 0.25) is 0 Å². The average molecular weight is 603 g/mol. The number of hydrogen-bond donors (Lipinski definition) is 3. The van der Waals surface area contributed by atoms with E-state index in [9.17, 15) is 18.0 Å². The summed E-state index contributed by atoms with van der Waals surface area (Å²) >= 11 is 0. The van der Waals surface area contributed by atoms with E-state index in [2.05, 4.69) is 48.0 Å². The van der Waals surface area contributed by atoms with Gasteiger partial charge in [0.05, 0.1) is 24.2 Å². The Bertz CT molecular complexity index is 1820. The van der Waals surface area contributed by atoms with Crippen molar-refractivity contribution in [1.82, 2.24) is 19.7 Å². The van der Waals surface area contributed by atoms with Crippen LogP contribution in [0.1, 0.15) is 21.5 Å². The summed E-state index contributed by atoms with van der Waals surface area (Å²) < 4.78 is 46.4. The summed E-state index contributed by atoms with van der Waals surface area (Å²) in [5, 5.41) is 14.4. The van der Waals surface area contributed by atoms with Crippen molar-refractivity contribution in [2.24, 2.45) is 7.05 Å². The Kier molecular flexibility index (Phi) is 7.78. The Hall–Kier alpha value is -5.17. The quantitative estimate of drug-likeness (QED) is 0.200. The Morgan fingerprint density at radius 1 is 0.955 bits per heavy atom. The van der Waals surface area contributed by atoms with Gasteiger partial charge in [0.2, 0.25) is 5.95 Å². The lowest BCUT2D eigenvalue weighted by molar-refractivity contribution is -0.137. The Morgan fingerprint density at radius 2 is 1.70 bits per heavy atom. The minimum absolute atomic E-state index is 0.0970. The highest BCUT2D eigenvalue weighted by Gasteiger charge is 2.31. The molecule has 0 atom stereocenters. The number of anilines is 6. The van der Waals surface area contributed by atoms with Crippen molar-refractivity contribution in [2.45, 2.75) is 13.1 Å². The minimum Gasteiger partial charge on any atom is -0.378 e. The smallest absolute Gasteiger partial charge is 0.378 e. The fourth-order valence-electron chi connectivity index (χ4n) is 4.90. The van der Waals surface area contributed by atoms with E-state index < -0.39 is 17.6 Å². The molecule has 0 saturated carbocycles. The first-order valence-corrected chi connectivity index (χ1v) is 13.9. The van der Waals surface area contributed by atoms with Gasteiger partial charge in [-0.1, -0.05) is 12.1 Å². The fraction of sp³-hybridized carbons (Fsp3) is 0.226. The monoisotopic (exact) mass is 602 g/mol. The highest BCUT2D eigenvalue weighted by molar-refractivity contribution is 6.04. The summed E-state index contributed by atoms with van der Waals surface area (Å²) in [5.74, 6) is 0.272. The van der Waals surface area contributed by atoms with E-state index in [0.717, 1.165) is 55.4 Å². The third-order valence-electron chi connectivity index (χ3n) is 7.28. The van der Waals surface area contributed by atoms with Crippen molar-refractivity contribution in [3.63, 3.8) is 0 Å². The van der Waals surface area contributed by atoms with Crippen LogP contribution in [0.15, 0.2) is 72.9 Å². The van der Waals surface area contributed by atoms with Gasteiger partial charge in [-0.25, -0.2) is 9.67 Å². The Morgan fingerprint density at radius 3 is 2.45 bits per heavy atom. The molecule has 0 spiro atoms. The van der Waals surface area contributed by atoms with Crippen LogP contribution in [0.25, 0.3) is 11.0 Å². The number of amides is 1. The van der Waals surface area contributed by atoms with Gasteiger partial charge >= 0.3 is 6.18 Å². The number of nitrogens with one attached hydrogen (secondary N) is 3. The second-order valence-corrected chi connectivity index (χ2v) is 10.4. The van der Waals surface area contributed by atoms with Crippen molar-refractivity contribution in [3.05, 3.63) is 89.6 Å². The number of rotatable bonds is 7. The van der Waals surface area contributed by atoms with Gasteiger partial charge in [0.1, 0.15) is 0 Å². The standard InChI is InChI=1S/C31H29F3N8O2/c1-19-6-7-23(36-29(43)20-4-3-5-21(16-20)31(32,33)34)17-26(19)38-27-25-18-35-30(39-28(25)41(2)40-27)37-22-8-10-24(11-9-22)42-12-14-44-15-13-42/h3-11,16-18H,12-15H2,1-2H3,(H,36,43)(H,38,40)(H,35,37,39). The first kappa shape index (κ1) is 28.9. The third kappa shape index (κ3) is 6.27. The molecule has 0 bridgehead atoms. The van der Waals surface area contributed by atoms with Crippen LogP contribution >= 0.6 is 0 Å². The zero-order chi connectivity index (χ0) is 30.8. The van der Waals surface area contributed by atoms with Crippen molar-refractivity contribution in [1.29, 1.82) is 0 Å². The Labute approximate surface area is 250 Å². The molecular formula is C31H29F3N8O2. The van der Waals surface area contributed by atoms with Gasteiger partial charge in [0.15, 0.2) is 11.5 Å². The molecule has 44 heavy (non-hydrogen) atoms. The second-order valence-electron chi connectivity index (χ2n) is 10.4. The summed E-state index contributed by atoms with van der Waals surface area (Å²) in [6.45, 7) is 5.05. The first-order valence-electron chi connectivity index (χ1n) is 13.9. The molecule has 2 aromatic heterocycles. The van der Waals surface area contributed by atoms with Crippen LogP contribution in [0.3, 0.4) is 0 Å². The number of halogens is 3. The average Bonchev–Trinajstić information content (AvgIpc) is 3.33. The van der Waals surface area contributed by atoms with E-state index in [1.807, 2.05) is 19.1 Å². The van der Waals surface area contributed by atoms with Gasteiger partial charge < -0.3 is 25.6 Å². The molecule has 3 N–H and O–H groups in total. The zero-order valence-electron chi connectivity index (χ0n) is 23.9. The number of carbonyl (C=O) groups is 1. The van der Waals surface area contributed by atoms with Crippen LogP contribution in [0.5, 0.6) is 0 Å². The van der Waals surface area contributed by atoms with Crippen LogP contribution < -0.4 is 20.9 Å². The largest absolute Gasteiger partial charge is 0.416 e. The topological polar surface area (TPSA) is 109 Å². The molecule has 5 aromatic rings. The van der Waals surface area contributed by atoms with E-state index in [1.165, 1.54) is 12.1 Å². The van der Waals surface area contributed by atoms with Gasteiger partial charge in [0.25, 0.3) is 5.91 Å². The van der Waals surface area contributed by atoms with E-state index in [-0.39, 0.29) is 5.56 Å². The Balaban J connectivity index is 1.17. The zero-order valence-corrected chi connectivity index (χ0v) is 23.9. The third-order valence-corrected chi connectivity index (χ3v) is 7.28. The van der Waals surface area contributed by atoms with Crippen molar-refractivity contribution < 1.29 is 22.7 Å². The molecule has 3 heterocycles. The lowest BCUT2D eigenvalue weighted by Crippen LogP contribution is -2.36. The normalized spacial score (nSPS) is 13.6. The number of fused-ring (bicyclic) bond motifs is 1. The van der Waals surface area contributed by atoms with E-state index >= 15 is 0 Å². The highest BCUT2D eigenvalue weighted by atomic mass is 19.4. The molecule has 0 radical (unpaired) electrons. The van der Waals surface area contributed by atoms with Crippen LogP contribution in [-0.2, 0) is 18.0 Å². The van der Waals surface area contributed by atoms with Gasteiger partial charge in [0, 0.05) is 54.6 Å². The second kappa shape index (κ2) is 11.8. The summed E-state index contributed by atoms with van der Waals surface area (Å²) in [6.07, 6.45) is -2.87. The molecule has 6 rings (SSSR count). The minimum atomic E-state index is -4.54. The number of hydrogen-bond acceptors (Lipinski definition) is 8. The number of nitrogens with zero attached hydrogens (tertiary/aromatic N) is 5. The molecule has 1 aliphatic rings. The maximum absolute atomic E-state index is 13.1. The van der Waals surface area contributed by atoms with E-state index in [4.69, 9.17) is 4.74 Å². The van der Waals surface area contributed by atoms with Gasteiger partial charge in [-0.2, -0.15) is 23.3 Å². The van der Waals surface area contributed by atoms with E-state index in [0.29, 0.717) is 34.2 Å². The molecule has 10 nitrogen and oxygen atoms in total. The number of aryl methyl sites for hydroxylation is 2. The maximum Gasteiger partial charge on any atom is 0.416 e. The number of alkyl halides is 3. The summed E-state index contributed by atoms with van der Waals surface area (Å²) in [7, 11) is 1.78. The van der Waals surface area contributed by atoms with E-state index in [1.54, 1.807) is 36.1 Å². The molecule has 1 fully saturated rings. The fourth-order valence-corrected chi connectivity index (χ4v) is 4.90. The molecule has 3 aromatic carbocycles. The number of aromatic nitrogens is 4. The van der Waals surface area contributed by atoms with Crippen molar-refractivity contribution in [3.8, 4) is 0 Å².